The first-order valence-electron chi connectivity index (χ1n) is 3.65. The van der Waals surface area contributed by atoms with Crippen LogP contribution in [-0.2, 0) is 9.53 Å². The number of carbonyl (C=O) groups is 1. The molecule has 8 nitrogen and oxygen atoms in total. The molecule has 0 aliphatic heterocycles. The van der Waals surface area contributed by atoms with Gasteiger partial charge in [-0.2, -0.15) is 0 Å². The van der Waals surface area contributed by atoms with Gasteiger partial charge in [0, 0.05) is 11.8 Å². The second-order valence-electron chi connectivity index (χ2n) is 2.00. The van der Waals surface area contributed by atoms with Crippen molar-refractivity contribution >= 4 is 5.97 Å². The molecule has 0 spiro atoms. The van der Waals surface area contributed by atoms with E-state index in [4.69, 9.17) is 25.6 Å². The van der Waals surface area contributed by atoms with Crippen LogP contribution in [0.2, 0.25) is 0 Å². The zero-order chi connectivity index (χ0) is 11.4. The second kappa shape index (κ2) is 11.7. The minimum Gasteiger partial charge on any atom is -0.481 e. The van der Waals surface area contributed by atoms with E-state index in [-0.39, 0.29) is 19.8 Å². The van der Waals surface area contributed by atoms with Crippen molar-refractivity contribution in [3.63, 3.8) is 0 Å². The number of carboxylic acids is 1. The van der Waals surface area contributed by atoms with Crippen molar-refractivity contribution in [3.05, 3.63) is 10.4 Å². The van der Waals surface area contributed by atoms with Crippen molar-refractivity contribution in [2.24, 2.45) is 5.11 Å². The van der Waals surface area contributed by atoms with E-state index in [0.29, 0.717) is 0 Å². The van der Waals surface area contributed by atoms with Crippen LogP contribution in [0, 0.1) is 0 Å². The molecule has 0 saturated heterocycles. The number of rotatable bonds is 5. The van der Waals surface area contributed by atoms with Crippen molar-refractivity contribution in [2.75, 3.05) is 19.8 Å². The summed E-state index contributed by atoms with van der Waals surface area (Å²) in [5.74, 6) is -0.833. The number of hydrogen-bond donors (Lipinski definition) is 3. The number of nitrogens with zero attached hydrogens (tertiary/aromatic N) is 3. The lowest BCUT2D eigenvalue weighted by Crippen LogP contribution is -2.13. The molecule has 0 aliphatic carbocycles. The van der Waals surface area contributed by atoms with E-state index in [1.165, 1.54) is 0 Å². The molecule has 8 heteroatoms. The van der Waals surface area contributed by atoms with Gasteiger partial charge in [-0.05, 0) is 5.53 Å². The number of ether oxygens (including phenoxy) is 1. The molecular weight excluding hydrogens is 194 g/mol. The highest BCUT2D eigenvalue weighted by Crippen LogP contribution is 1.86. The van der Waals surface area contributed by atoms with Crippen LogP contribution in [0.5, 0.6) is 0 Å². The first-order chi connectivity index (χ1) is 6.54. The fraction of sp³-hybridized carbons (Fsp3) is 0.833. The van der Waals surface area contributed by atoms with E-state index < -0.39 is 12.2 Å². The third-order valence-corrected chi connectivity index (χ3v) is 0.687. The van der Waals surface area contributed by atoms with Gasteiger partial charge in [-0.15, -0.1) is 0 Å². The molecule has 0 fully saturated rings. The lowest BCUT2D eigenvalue weighted by molar-refractivity contribution is -0.134. The van der Waals surface area contributed by atoms with Gasteiger partial charge in [0.15, 0.2) is 6.23 Å². The third-order valence-electron chi connectivity index (χ3n) is 0.687. The van der Waals surface area contributed by atoms with Crippen LogP contribution >= 0.6 is 0 Å². The number of hydrogen-bond acceptors (Lipinski definition) is 5. The Kier molecular flexibility index (Phi) is 12.6. The van der Waals surface area contributed by atoms with Crippen LogP contribution in [0.3, 0.4) is 0 Å². The maximum Gasteiger partial charge on any atom is 0.300 e. The molecule has 0 aliphatic rings. The topological polar surface area (TPSA) is 136 Å². The summed E-state index contributed by atoms with van der Waals surface area (Å²) in [6.07, 6.45) is -1.16. The van der Waals surface area contributed by atoms with Gasteiger partial charge < -0.3 is 20.1 Å². The minimum absolute atomic E-state index is 0.0787. The monoisotopic (exact) mass is 207 g/mol. The molecule has 0 radical (unpaired) electrons. The first-order valence-corrected chi connectivity index (χ1v) is 3.65. The van der Waals surface area contributed by atoms with Gasteiger partial charge in [0.1, 0.15) is 0 Å². The Hall–Kier alpha value is -1.34. The molecule has 0 saturated carbocycles. The van der Waals surface area contributed by atoms with Crippen molar-refractivity contribution < 1.29 is 24.9 Å². The average Bonchev–Trinajstić information content (AvgIpc) is 2.04. The molecule has 1 atom stereocenters. The van der Waals surface area contributed by atoms with Crippen molar-refractivity contribution in [1.82, 2.24) is 0 Å². The van der Waals surface area contributed by atoms with Crippen molar-refractivity contribution in [1.29, 1.82) is 0 Å². The molecule has 0 rings (SSSR count). The highest BCUT2D eigenvalue weighted by molar-refractivity contribution is 5.62. The molecule has 0 aromatic rings. The molecule has 0 bridgehead atoms. The van der Waals surface area contributed by atoms with E-state index in [0.717, 1.165) is 6.92 Å². The van der Waals surface area contributed by atoms with Gasteiger partial charge >= 0.3 is 0 Å². The summed E-state index contributed by atoms with van der Waals surface area (Å²) in [6, 6.07) is 0. The number of aliphatic carboxylic acids is 1. The quantitative estimate of drug-likeness (QED) is 0.246. The number of azide groups is 1. The number of aliphatic hydroxyl groups excluding tert-OH is 2. The summed E-state index contributed by atoms with van der Waals surface area (Å²) in [5, 5.41) is 27.2. The molecule has 0 amide bonds. The normalized spacial score (nSPS) is 10.5. The summed E-state index contributed by atoms with van der Waals surface area (Å²) in [6.45, 7) is 1.03. The SMILES string of the molecule is CC(=O)O.[N-]=[N+]=NC(O)COCCO. The maximum atomic E-state index is 9.00. The Bertz CT molecular complexity index is 188. The Labute approximate surface area is 80.4 Å². The molecule has 82 valence electrons. The van der Waals surface area contributed by atoms with Crippen LogP contribution in [0.15, 0.2) is 5.11 Å². The number of aliphatic hydroxyl groups is 2. The Morgan fingerprint density at radius 1 is 1.71 bits per heavy atom. The van der Waals surface area contributed by atoms with Crippen LogP contribution < -0.4 is 0 Å². The molecule has 0 aromatic heterocycles. The standard InChI is InChI=1S/C4H9N3O3.C2H4O2/c5-7-6-4(9)3-10-2-1-8;1-2(3)4/h4,8-9H,1-3H2;1H3,(H,3,4). The van der Waals surface area contributed by atoms with E-state index in [1.54, 1.807) is 0 Å². The zero-order valence-corrected chi connectivity index (χ0v) is 7.70. The predicted octanol–water partition coefficient (Wildman–Crippen LogP) is -0.285. The highest BCUT2D eigenvalue weighted by Gasteiger charge is 1.97. The van der Waals surface area contributed by atoms with Gasteiger partial charge in [-0.3, -0.25) is 4.79 Å². The van der Waals surface area contributed by atoms with Gasteiger partial charge in [0.05, 0.1) is 19.8 Å². The molecule has 3 N–H and O–H groups in total. The lowest BCUT2D eigenvalue weighted by atomic mass is 10.6. The first kappa shape index (κ1) is 15.1. The van der Waals surface area contributed by atoms with E-state index >= 15 is 0 Å². The van der Waals surface area contributed by atoms with Crippen molar-refractivity contribution in [2.45, 2.75) is 13.2 Å². The molecule has 0 aromatic carbocycles. The fourth-order valence-corrected chi connectivity index (χ4v) is 0.346. The van der Waals surface area contributed by atoms with Gasteiger partial charge in [-0.1, -0.05) is 5.11 Å². The van der Waals surface area contributed by atoms with Crippen LogP contribution in [0.1, 0.15) is 6.92 Å². The smallest absolute Gasteiger partial charge is 0.300 e. The summed E-state index contributed by atoms with van der Waals surface area (Å²) in [5.41, 5.74) is 7.79. The Morgan fingerprint density at radius 2 is 2.21 bits per heavy atom. The van der Waals surface area contributed by atoms with Gasteiger partial charge in [-0.25, -0.2) is 0 Å². The Balaban J connectivity index is 0. The Morgan fingerprint density at radius 3 is 2.57 bits per heavy atom. The van der Waals surface area contributed by atoms with Crippen LogP contribution in [0.4, 0.5) is 0 Å². The summed E-state index contributed by atoms with van der Waals surface area (Å²) >= 11 is 0. The second-order valence-corrected chi connectivity index (χ2v) is 2.00. The molecular formula is C6H13N3O5. The lowest BCUT2D eigenvalue weighted by Gasteiger charge is -2.02. The van der Waals surface area contributed by atoms with E-state index in [1.807, 2.05) is 0 Å². The van der Waals surface area contributed by atoms with Crippen LogP contribution in [0.25, 0.3) is 10.4 Å². The largest absolute Gasteiger partial charge is 0.481 e. The van der Waals surface area contributed by atoms with Gasteiger partial charge in [0.25, 0.3) is 5.97 Å². The summed E-state index contributed by atoms with van der Waals surface area (Å²) in [7, 11) is 0. The average molecular weight is 207 g/mol. The predicted molar refractivity (Wildman–Crippen MR) is 46.4 cm³/mol. The zero-order valence-electron chi connectivity index (χ0n) is 7.70. The molecule has 0 heterocycles. The van der Waals surface area contributed by atoms with Gasteiger partial charge in [0.2, 0.25) is 0 Å². The number of carboxylic acid groups (broad SMARTS) is 1. The minimum atomic E-state index is -1.16. The van der Waals surface area contributed by atoms with Crippen molar-refractivity contribution in [3.8, 4) is 0 Å². The van der Waals surface area contributed by atoms with Crippen LogP contribution in [-0.4, -0.2) is 47.3 Å². The maximum absolute atomic E-state index is 9.00. The summed E-state index contributed by atoms with van der Waals surface area (Å²) < 4.78 is 4.63. The molecule has 14 heavy (non-hydrogen) atoms. The highest BCUT2D eigenvalue weighted by atomic mass is 16.5. The summed E-state index contributed by atoms with van der Waals surface area (Å²) in [4.78, 5) is 11.3. The van der Waals surface area contributed by atoms with E-state index in [2.05, 4.69) is 14.8 Å². The van der Waals surface area contributed by atoms with E-state index in [9.17, 15) is 0 Å². The third kappa shape index (κ3) is 22.4. The molecule has 1 unspecified atom stereocenters. The fourth-order valence-electron chi connectivity index (χ4n) is 0.346.